The minimum absolute atomic E-state index is 0. The smallest absolute Gasteiger partial charge is 0.215 e. The lowest BCUT2D eigenvalue weighted by atomic mass is 10.2. The van der Waals surface area contributed by atoms with Crippen molar-refractivity contribution >= 4 is 45.4 Å². The Bertz CT molecular complexity index is 1030. The number of fused-ring (bicyclic) bond motifs is 3. The largest absolute Gasteiger partial charge is 0.308 e. The normalized spacial score (nSPS) is 11.4. The van der Waals surface area contributed by atoms with Crippen molar-refractivity contribution in [2.24, 2.45) is 0 Å². The third kappa shape index (κ3) is 3.77. The quantitative estimate of drug-likeness (QED) is 0.388. The van der Waals surface area contributed by atoms with E-state index in [0.717, 1.165) is 48.2 Å². The van der Waals surface area contributed by atoms with Gasteiger partial charge in [0.2, 0.25) is 5.78 Å². The number of hydrogen-bond donors (Lipinski definition) is 0. The van der Waals surface area contributed by atoms with E-state index in [9.17, 15) is 0 Å². The topological polar surface area (TPSA) is 25.5 Å². The van der Waals surface area contributed by atoms with Crippen molar-refractivity contribution in [2.75, 3.05) is 19.6 Å². The molecule has 0 N–H and O–H groups in total. The standard InChI is InChI=1S/C21H23ClN4.BrH/c1-3-24(4-2)13-14-25-19-7-5-6-8-20(19)26-15-18(23-21(25)26)16-9-11-17(22)12-10-16;/h5-12,15H,3-4,13-14H2,1-2H3;1H. The average Bonchev–Trinajstić information content (AvgIpc) is 3.22. The number of halogens is 2. The zero-order valence-electron chi connectivity index (χ0n) is 15.6. The predicted molar refractivity (Wildman–Crippen MR) is 119 cm³/mol. The van der Waals surface area contributed by atoms with Crippen molar-refractivity contribution in [2.45, 2.75) is 20.4 Å². The number of likely N-dealkylation sites (N-methyl/N-ethyl adjacent to an activating group) is 1. The molecule has 0 radical (unpaired) electrons. The minimum atomic E-state index is 0. The Morgan fingerprint density at radius 2 is 1.63 bits per heavy atom. The summed E-state index contributed by atoms with van der Waals surface area (Å²) in [6, 6.07) is 16.4. The highest BCUT2D eigenvalue weighted by Gasteiger charge is 2.15. The summed E-state index contributed by atoms with van der Waals surface area (Å²) < 4.78 is 4.52. The second-order valence-corrected chi connectivity index (χ2v) is 6.91. The van der Waals surface area contributed by atoms with E-state index in [-0.39, 0.29) is 17.0 Å². The Hall–Kier alpha value is -1.82. The van der Waals surface area contributed by atoms with E-state index in [4.69, 9.17) is 16.6 Å². The molecule has 4 aromatic rings. The van der Waals surface area contributed by atoms with Gasteiger partial charge in [-0.05, 0) is 37.4 Å². The molecule has 0 aliphatic rings. The Labute approximate surface area is 175 Å². The molecule has 2 aromatic heterocycles. The van der Waals surface area contributed by atoms with Gasteiger partial charge in [0.05, 0.1) is 16.7 Å². The molecule has 4 rings (SSSR count). The Morgan fingerprint density at radius 1 is 0.963 bits per heavy atom. The van der Waals surface area contributed by atoms with Gasteiger partial charge >= 0.3 is 0 Å². The lowest BCUT2D eigenvalue weighted by molar-refractivity contribution is 0.293. The van der Waals surface area contributed by atoms with Gasteiger partial charge in [-0.25, -0.2) is 4.98 Å². The summed E-state index contributed by atoms with van der Waals surface area (Å²) in [4.78, 5) is 7.38. The maximum Gasteiger partial charge on any atom is 0.215 e. The monoisotopic (exact) mass is 446 g/mol. The average molecular weight is 448 g/mol. The first-order valence-electron chi connectivity index (χ1n) is 9.16. The Morgan fingerprint density at radius 3 is 2.30 bits per heavy atom. The zero-order chi connectivity index (χ0) is 18.1. The minimum Gasteiger partial charge on any atom is -0.308 e. The van der Waals surface area contributed by atoms with Crippen LogP contribution in [0.2, 0.25) is 5.02 Å². The van der Waals surface area contributed by atoms with Crippen LogP contribution in [0.1, 0.15) is 13.8 Å². The van der Waals surface area contributed by atoms with Crippen LogP contribution in [0.5, 0.6) is 0 Å². The second-order valence-electron chi connectivity index (χ2n) is 6.47. The van der Waals surface area contributed by atoms with Crippen LogP contribution in [0.25, 0.3) is 28.1 Å². The van der Waals surface area contributed by atoms with Crippen molar-refractivity contribution < 1.29 is 0 Å². The van der Waals surface area contributed by atoms with E-state index < -0.39 is 0 Å². The summed E-state index contributed by atoms with van der Waals surface area (Å²) in [7, 11) is 0. The first kappa shape index (κ1) is 19.9. The molecule has 0 atom stereocenters. The molecule has 27 heavy (non-hydrogen) atoms. The van der Waals surface area contributed by atoms with Gasteiger partial charge in [-0.3, -0.25) is 4.40 Å². The van der Waals surface area contributed by atoms with E-state index in [2.05, 4.69) is 58.2 Å². The van der Waals surface area contributed by atoms with Gasteiger partial charge < -0.3 is 9.47 Å². The molecule has 6 heteroatoms. The molecule has 0 bridgehead atoms. The molecule has 0 amide bonds. The molecule has 142 valence electrons. The first-order chi connectivity index (χ1) is 12.7. The van der Waals surface area contributed by atoms with Gasteiger partial charge in [0, 0.05) is 29.9 Å². The van der Waals surface area contributed by atoms with Crippen LogP contribution >= 0.6 is 28.6 Å². The SMILES string of the molecule is Br.CCN(CC)CCn1c2ccccc2n2cc(-c3ccc(Cl)cc3)nc12. The summed E-state index contributed by atoms with van der Waals surface area (Å²) in [6.07, 6.45) is 2.12. The molecule has 0 saturated heterocycles. The van der Waals surface area contributed by atoms with Gasteiger partial charge in [-0.1, -0.05) is 49.7 Å². The molecule has 4 nitrogen and oxygen atoms in total. The van der Waals surface area contributed by atoms with Gasteiger partial charge in [0.1, 0.15) is 0 Å². The maximum atomic E-state index is 6.02. The van der Waals surface area contributed by atoms with Crippen molar-refractivity contribution in [3.63, 3.8) is 0 Å². The van der Waals surface area contributed by atoms with Crippen LogP contribution in [0.15, 0.2) is 54.7 Å². The fourth-order valence-electron chi connectivity index (χ4n) is 3.50. The molecule has 0 aliphatic carbocycles. The Kier molecular flexibility index (Phi) is 6.25. The fraction of sp³-hybridized carbons (Fsp3) is 0.286. The zero-order valence-corrected chi connectivity index (χ0v) is 18.1. The highest BCUT2D eigenvalue weighted by Crippen LogP contribution is 2.26. The summed E-state index contributed by atoms with van der Waals surface area (Å²) >= 11 is 6.02. The van der Waals surface area contributed by atoms with E-state index >= 15 is 0 Å². The van der Waals surface area contributed by atoms with Gasteiger partial charge in [0.15, 0.2) is 0 Å². The summed E-state index contributed by atoms with van der Waals surface area (Å²) in [6.45, 7) is 8.50. The van der Waals surface area contributed by atoms with Crippen LogP contribution in [-0.2, 0) is 6.54 Å². The van der Waals surface area contributed by atoms with Crippen LogP contribution in [0.3, 0.4) is 0 Å². The molecule has 0 fully saturated rings. The number of nitrogens with zero attached hydrogens (tertiary/aromatic N) is 4. The lowest BCUT2D eigenvalue weighted by Gasteiger charge is -2.18. The molecule has 2 heterocycles. The molecule has 2 aromatic carbocycles. The highest BCUT2D eigenvalue weighted by atomic mass is 79.9. The highest BCUT2D eigenvalue weighted by molar-refractivity contribution is 8.93. The summed E-state index contributed by atoms with van der Waals surface area (Å²) in [5.41, 5.74) is 4.47. The number of benzene rings is 2. The summed E-state index contributed by atoms with van der Waals surface area (Å²) in [5, 5.41) is 0.742. The van der Waals surface area contributed by atoms with Crippen LogP contribution in [0.4, 0.5) is 0 Å². The molecular weight excluding hydrogens is 424 g/mol. The van der Waals surface area contributed by atoms with Crippen LogP contribution in [-0.4, -0.2) is 38.5 Å². The fourth-order valence-corrected chi connectivity index (χ4v) is 3.63. The molecular formula is C21H24BrClN4. The van der Waals surface area contributed by atoms with Crippen molar-refractivity contribution in [1.29, 1.82) is 0 Å². The van der Waals surface area contributed by atoms with Gasteiger partial charge in [0.25, 0.3) is 0 Å². The van der Waals surface area contributed by atoms with Gasteiger partial charge in [-0.15, -0.1) is 17.0 Å². The number of aromatic nitrogens is 3. The van der Waals surface area contributed by atoms with Crippen molar-refractivity contribution in [3.05, 3.63) is 59.8 Å². The Balaban J connectivity index is 0.00000210. The number of hydrogen-bond acceptors (Lipinski definition) is 2. The maximum absolute atomic E-state index is 6.02. The molecule has 0 unspecified atom stereocenters. The van der Waals surface area contributed by atoms with Crippen molar-refractivity contribution in [1.82, 2.24) is 18.9 Å². The van der Waals surface area contributed by atoms with E-state index in [1.807, 2.05) is 24.3 Å². The molecule has 0 saturated carbocycles. The summed E-state index contributed by atoms with van der Waals surface area (Å²) in [5.74, 6) is 0.989. The molecule has 0 aliphatic heterocycles. The number of imidazole rings is 2. The van der Waals surface area contributed by atoms with Crippen molar-refractivity contribution in [3.8, 4) is 11.3 Å². The molecule has 0 spiro atoms. The van der Waals surface area contributed by atoms with Crippen LogP contribution < -0.4 is 0 Å². The first-order valence-corrected chi connectivity index (χ1v) is 9.53. The second kappa shape index (κ2) is 8.46. The van der Waals surface area contributed by atoms with E-state index in [1.54, 1.807) is 0 Å². The number of rotatable bonds is 6. The third-order valence-corrected chi connectivity index (χ3v) is 5.29. The number of para-hydroxylation sites is 2. The third-order valence-electron chi connectivity index (χ3n) is 5.04. The van der Waals surface area contributed by atoms with Crippen LogP contribution in [0, 0.1) is 0 Å². The van der Waals surface area contributed by atoms with E-state index in [1.165, 1.54) is 11.0 Å². The van der Waals surface area contributed by atoms with Gasteiger partial charge in [-0.2, -0.15) is 0 Å². The lowest BCUT2D eigenvalue weighted by Crippen LogP contribution is -2.27. The van der Waals surface area contributed by atoms with E-state index in [0.29, 0.717) is 0 Å². The predicted octanol–water partition coefficient (Wildman–Crippen LogP) is 5.53.